The normalized spacial score (nSPS) is 10.1. The molecule has 2 rings (SSSR count). The highest BCUT2D eigenvalue weighted by Crippen LogP contribution is 2.22. The van der Waals surface area contributed by atoms with Gasteiger partial charge in [-0.25, -0.2) is 0 Å². The number of anilines is 2. The number of hydrogen-bond donors (Lipinski definition) is 2. The van der Waals surface area contributed by atoms with Crippen molar-refractivity contribution in [3.8, 4) is 0 Å². The molecule has 2 nitrogen and oxygen atoms in total. The molecule has 0 atom stereocenters. The van der Waals surface area contributed by atoms with Gasteiger partial charge in [-0.1, -0.05) is 40.9 Å². The average molecular weight is 332 g/mol. The molecule has 0 spiro atoms. The van der Waals surface area contributed by atoms with Gasteiger partial charge >= 0.3 is 0 Å². The van der Waals surface area contributed by atoms with Crippen LogP contribution in [0.1, 0.15) is 0 Å². The molecule has 0 unspecified atom stereocenters. The molecule has 0 aliphatic carbocycles. The lowest BCUT2D eigenvalue weighted by molar-refractivity contribution is 1.59. The highest BCUT2D eigenvalue weighted by Gasteiger charge is 2.02. The first-order valence-electron chi connectivity index (χ1n) is 5.32. The minimum atomic E-state index is 0.431. The van der Waals surface area contributed by atoms with Gasteiger partial charge in [0.1, 0.15) is 0 Å². The Hall–Kier alpha value is -1.000. The van der Waals surface area contributed by atoms with Gasteiger partial charge in [0.2, 0.25) is 0 Å². The Morgan fingerprint density at radius 3 is 2.00 bits per heavy atom. The SMILES string of the molecule is S=C(Nc1cccc(Cl)c1)Nc1cc(Cl)cc(Cl)c1. The molecule has 0 radical (unpaired) electrons. The Morgan fingerprint density at radius 1 is 0.789 bits per heavy atom. The van der Waals surface area contributed by atoms with Crippen LogP contribution in [0.4, 0.5) is 11.4 Å². The molecule has 0 aliphatic heterocycles. The zero-order valence-electron chi connectivity index (χ0n) is 9.58. The molecule has 2 aromatic carbocycles. The summed E-state index contributed by atoms with van der Waals surface area (Å²) < 4.78 is 0. The van der Waals surface area contributed by atoms with Crippen LogP contribution in [0.5, 0.6) is 0 Å². The molecule has 0 saturated heterocycles. The van der Waals surface area contributed by atoms with Crippen LogP contribution < -0.4 is 10.6 Å². The van der Waals surface area contributed by atoms with Crippen LogP contribution in [-0.4, -0.2) is 5.11 Å². The topological polar surface area (TPSA) is 24.1 Å². The fraction of sp³-hybridized carbons (Fsp3) is 0. The van der Waals surface area contributed by atoms with E-state index in [0.29, 0.717) is 20.2 Å². The molecule has 0 saturated carbocycles. The lowest BCUT2D eigenvalue weighted by Crippen LogP contribution is -2.18. The van der Waals surface area contributed by atoms with Crippen molar-refractivity contribution >= 4 is 63.5 Å². The minimum absolute atomic E-state index is 0.431. The second kappa shape index (κ2) is 6.44. The third-order valence-electron chi connectivity index (χ3n) is 2.20. The van der Waals surface area contributed by atoms with Gasteiger partial charge in [0.25, 0.3) is 0 Å². The Bertz CT molecular complexity index is 596. The van der Waals surface area contributed by atoms with Crippen LogP contribution in [0.2, 0.25) is 15.1 Å². The molecule has 0 heterocycles. The van der Waals surface area contributed by atoms with Gasteiger partial charge in [-0.15, -0.1) is 0 Å². The van der Waals surface area contributed by atoms with E-state index in [2.05, 4.69) is 10.6 Å². The van der Waals surface area contributed by atoms with E-state index in [-0.39, 0.29) is 0 Å². The summed E-state index contributed by atoms with van der Waals surface area (Å²) in [4.78, 5) is 0. The van der Waals surface area contributed by atoms with Crippen molar-refractivity contribution in [2.75, 3.05) is 10.6 Å². The lowest BCUT2D eigenvalue weighted by atomic mass is 10.3. The molecule has 6 heteroatoms. The quantitative estimate of drug-likeness (QED) is 0.715. The highest BCUT2D eigenvalue weighted by molar-refractivity contribution is 7.80. The van der Waals surface area contributed by atoms with Gasteiger partial charge in [-0.05, 0) is 48.6 Å². The minimum Gasteiger partial charge on any atom is -0.332 e. The van der Waals surface area contributed by atoms with Crippen LogP contribution in [0, 0.1) is 0 Å². The van der Waals surface area contributed by atoms with Gasteiger partial charge in [0, 0.05) is 26.4 Å². The second-order valence-electron chi connectivity index (χ2n) is 3.75. The third-order valence-corrected chi connectivity index (χ3v) is 3.08. The summed E-state index contributed by atoms with van der Waals surface area (Å²) in [6.45, 7) is 0. The van der Waals surface area contributed by atoms with Crippen molar-refractivity contribution in [1.29, 1.82) is 0 Å². The summed E-state index contributed by atoms with van der Waals surface area (Å²) in [5.41, 5.74) is 1.52. The summed E-state index contributed by atoms with van der Waals surface area (Å²) in [5.74, 6) is 0. The molecular weight excluding hydrogens is 323 g/mol. The first-order chi connectivity index (χ1) is 9.02. The van der Waals surface area contributed by atoms with Crippen LogP contribution in [0.3, 0.4) is 0 Å². The summed E-state index contributed by atoms with van der Waals surface area (Å²) in [7, 11) is 0. The van der Waals surface area contributed by atoms with Crippen molar-refractivity contribution in [3.05, 3.63) is 57.5 Å². The number of hydrogen-bond acceptors (Lipinski definition) is 1. The zero-order chi connectivity index (χ0) is 13.8. The summed E-state index contributed by atoms with van der Waals surface area (Å²) in [6.07, 6.45) is 0. The fourth-order valence-corrected chi connectivity index (χ4v) is 2.44. The maximum atomic E-state index is 5.91. The standard InChI is InChI=1S/C13H9Cl3N2S/c14-8-2-1-3-11(5-8)17-13(19)18-12-6-9(15)4-10(16)7-12/h1-7H,(H2,17,18,19). The number of benzene rings is 2. The molecular formula is C13H9Cl3N2S. The molecule has 19 heavy (non-hydrogen) atoms. The van der Waals surface area contributed by atoms with Gasteiger partial charge in [0.05, 0.1) is 0 Å². The molecule has 2 N–H and O–H groups in total. The Kier molecular flexibility index (Phi) is 4.88. The van der Waals surface area contributed by atoms with E-state index in [9.17, 15) is 0 Å². The monoisotopic (exact) mass is 330 g/mol. The lowest BCUT2D eigenvalue weighted by Gasteiger charge is -2.11. The molecule has 0 amide bonds. The van der Waals surface area contributed by atoms with E-state index in [1.165, 1.54) is 0 Å². The Labute approximate surface area is 131 Å². The maximum Gasteiger partial charge on any atom is 0.175 e. The van der Waals surface area contributed by atoms with Crippen LogP contribution in [0.25, 0.3) is 0 Å². The largest absolute Gasteiger partial charge is 0.332 e. The predicted octanol–water partition coefficient (Wildman–Crippen LogP) is 5.46. The van der Waals surface area contributed by atoms with Gasteiger partial charge in [0.15, 0.2) is 5.11 Å². The van der Waals surface area contributed by atoms with E-state index in [0.717, 1.165) is 11.4 Å². The van der Waals surface area contributed by atoms with Crippen molar-refractivity contribution in [2.24, 2.45) is 0 Å². The number of halogens is 3. The number of nitrogens with one attached hydrogen (secondary N) is 2. The number of rotatable bonds is 2. The molecule has 0 fully saturated rings. The highest BCUT2D eigenvalue weighted by atomic mass is 35.5. The average Bonchev–Trinajstić information content (AvgIpc) is 2.26. The molecule has 0 bridgehead atoms. The summed E-state index contributed by atoms with van der Waals surface area (Å²) in [5, 5.41) is 8.17. The van der Waals surface area contributed by atoms with Gasteiger partial charge in [-0.3, -0.25) is 0 Å². The first kappa shape index (κ1) is 14.4. The molecule has 2 aromatic rings. The third kappa shape index (κ3) is 4.55. The predicted molar refractivity (Wildman–Crippen MR) is 87.8 cm³/mol. The second-order valence-corrected chi connectivity index (χ2v) is 5.47. The summed E-state index contributed by atoms with van der Waals surface area (Å²) in [6, 6.07) is 12.4. The smallest absolute Gasteiger partial charge is 0.175 e. The van der Waals surface area contributed by atoms with E-state index >= 15 is 0 Å². The Morgan fingerprint density at radius 2 is 1.37 bits per heavy atom. The van der Waals surface area contributed by atoms with E-state index in [4.69, 9.17) is 47.0 Å². The van der Waals surface area contributed by atoms with E-state index in [1.807, 2.05) is 12.1 Å². The van der Waals surface area contributed by atoms with Crippen molar-refractivity contribution in [2.45, 2.75) is 0 Å². The van der Waals surface area contributed by atoms with E-state index in [1.54, 1.807) is 30.3 Å². The summed E-state index contributed by atoms with van der Waals surface area (Å²) >= 11 is 22.9. The van der Waals surface area contributed by atoms with Crippen molar-refractivity contribution in [3.63, 3.8) is 0 Å². The molecule has 98 valence electrons. The first-order valence-corrected chi connectivity index (χ1v) is 6.87. The zero-order valence-corrected chi connectivity index (χ0v) is 12.7. The van der Waals surface area contributed by atoms with Crippen molar-refractivity contribution in [1.82, 2.24) is 0 Å². The number of thiocarbonyl (C=S) groups is 1. The Balaban J connectivity index is 2.05. The van der Waals surface area contributed by atoms with Crippen molar-refractivity contribution < 1.29 is 0 Å². The molecule has 0 aromatic heterocycles. The maximum absolute atomic E-state index is 5.91. The van der Waals surface area contributed by atoms with Gasteiger partial charge < -0.3 is 10.6 Å². The molecule has 0 aliphatic rings. The van der Waals surface area contributed by atoms with Crippen LogP contribution in [-0.2, 0) is 0 Å². The van der Waals surface area contributed by atoms with Crippen LogP contribution in [0.15, 0.2) is 42.5 Å². The van der Waals surface area contributed by atoms with E-state index < -0.39 is 0 Å². The fourth-order valence-electron chi connectivity index (χ4n) is 1.49. The van der Waals surface area contributed by atoms with Gasteiger partial charge in [-0.2, -0.15) is 0 Å². The van der Waals surface area contributed by atoms with Crippen LogP contribution >= 0.6 is 47.0 Å².